The van der Waals surface area contributed by atoms with Crippen molar-refractivity contribution in [3.05, 3.63) is 24.0 Å². The smallest absolute Gasteiger partial charge is 0.0772 e. The number of likely N-dealkylation sites (N-methyl/N-ethyl adjacent to an activating group) is 1. The molecule has 0 bridgehead atoms. The number of pyridine rings is 1. The Morgan fingerprint density at radius 3 is 2.73 bits per heavy atom. The highest BCUT2D eigenvalue weighted by Gasteiger charge is 2.16. The summed E-state index contributed by atoms with van der Waals surface area (Å²) >= 11 is 0. The van der Waals surface area contributed by atoms with E-state index in [4.69, 9.17) is 5.73 Å². The van der Waals surface area contributed by atoms with Crippen molar-refractivity contribution in [2.75, 3.05) is 38.1 Å². The van der Waals surface area contributed by atoms with E-state index in [9.17, 15) is 0 Å². The number of hydrogen-bond acceptors (Lipinski definition) is 4. The van der Waals surface area contributed by atoms with Gasteiger partial charge in [0.2, 0.25) is 0 Å². The second-order valence-electron chi connectivity index (χ2n) is 3.96. The molecule has 15 heavy (non-hydrogen) atoms. The summed E-state index contributed by atoms with van der Waals surface area (Å²) in [5, 5.41) is 0. The molecule has 1 aromatic rings. The Bertz CT molecular complexity index is 318. The van der Waals surface area contributed by atoms with Crippen molar-refractivity contribution in [3.63, 3.8) is 0 Å². The Hall–Kier alpha value is -1.13. The van der Waals surface area contributed by atoms with Crippen LogP contribution in [0.3, 0.4) is 0 Å². The third-order valence-corrected chi connectivity index (χ3v) is 2.90. The van der Waals surface area contributed by atoms with E-state index in [1.165, 1.54) is 5.69 Å². The van der Waals surface area contributed by atoms with Gasteiger partial charge in [-0.25, -0.2) is 0 Å². The van der Waals surface area contributed by atoms with E-state index in [0.29, 0.717) is 6.54 Å². The summed E-state index contributed by atoms with van der Waals surface area (Å²) in [6.07, 6.45) is 1.81. The lowest BCUT2D eigenvalue weighted by molar-refractivity contribution is 0.312. The maximum Gasteiger partial charge on any atom is 0.0772 e. The molecular formula is C11H18N4. The fourth-order valence-electron chi connectivity index (χ4n) is 1.92. The Morgan fingerprint density at radius 1 is 1.33 bits per heavy atom. The van der Waals surface area contributed by atoms with E-state index in [0.717, 1.165) is 31.9 Å². The maximum atomic E-state index is 5.69. The van der Waals surface area contributed by atoms with Crippen molar-refractivity contribution in [1.29, 1.82) is 0 Å². The zero-order chi connectivity index (χ0) is 10.7. The van der Waals surface area contributed by atoms with Gasteiger partial charge in [0.15, 0.2) is 0 Å². The molecule has 0 aliphatic carbocycles. The van der Waals surface area contributed by atoms with Crippen LogP contribution >= 0.6 is 0 Å². The molecule has 4 nitrogen and oxygen atoms in total. The number of piperazine rings is 1. The van der Waals surface area contributed by atoms with Crippen molar-refractivity contribution < 1.29 is 0 Å². The quantitative estimate of drug-likeness (QED) is 0.755. The Balaban J connectivity index is 2.15. The van der Waals surface area contributed by atoms with Gasteiger partial charge in [0.1, 0.15) is 0 Å². The Labute approximate surface area is 90.7 Å². The topological polar surface area (TPSA) is 45.4 Å². The SMILES string of the molecule is CN1CCN(c2cccnc2CN)CC1. The zero-order valence-corrected chi connectivity index (χ0v) is 9.19. The molecule has 82 valence electrons. The van der Waals surface area contributed by atoms with Gasteiger partial charge in [0.25, 0.3) is 0 Å². The summed E-state index contributed by atoms with van der Waals surface area (Å²) in [5.74, 6) is 0. The van der Waals surface area contributed by atoms with E-state index < -0.39 is 0 Å². The molecule has 0 amide bonds. The van der Waals surface area contributed by atoms with E-state index in [1.54, 1.807) is 0 Å². The van der Waals surface area contributed by atoms with Gasteiger partial charge >= 0.3 is 0 Å². The van der Waals surface area contributed by atoms with Crippen LogP contribution < -0.4 is 10.6 Å². The van der Waals surface area contributed by atoms with Crippen LogP contribution in [0.2, 0.25) is 0 Å². The van der Waals surface area contributed by atoms with Gasteiger partial charge in [-0.2, -0.15) is 0 Å². The molecule has 4 heteroatoms. The first-order chi connectivity index (χ1) is 7.31. The fourth-order valence-corrected chi connectivity index (χ4v) is 1.92. The first kappa shape index (κ1) is 10.4. The molecule has 0 spiro atoms. The maximum absolute atomic E-state index is 5.69. The molecule has 1 fully saturated rings. The fraction of sp³-hybridized carbons (Fsp3) is 0.545. The molecular weight excluding hydrogens is 188 g/mol. The number of hydrogen-bond donors (Lipinski definition) is 1. The lowest BCUT2D eigenvalue weighted by Crippen LogP contribution is -2.45. The molecule has 1 aliphatic heterocycles. The highest BCUT2D eigenvalue weighted by molar-refractivity contribution is 5.50. The molecule has 0 unspecified atom stereocenters. The second kappa shape index (κ2) is 4.59. The molecule has 0 atom stereocenters. The monoisotopic (exact) mass is 206 g/mol. The first-order valence-corrected chi connectivity index (χ1v) is 5.38. The Kier molecular flexibility index (Phi) is 3.18. The normalized spacial score (nSPS) is 18.1. The molecule has 2 heterocycles. The molecule has 0 saturated carbocycles. The Morgan fingerprint density at radius 2 is 2.07 bits per heavy atom. The van der Waals surface area contributed by atoms with Crippen LogP contribution in [0.1, 0.15) is 5.69 Å². The summed E-state index contributed by atoms with van der Waals surface area (Å²) in [6, 6.07) is 4.09. The van der Waals surface area contributed by atoms with E-state index in [-0.39, 0.29) is 0 Å². The molecule has 1 saturated heterocycles. The minimum absolute atomic E-state index is 0.516. The van der Waals surface area contributed by atoms with Crippen molar-refractivity contribution in [2.45, 2.75) is 6.54 Å². The van der Waals surface area contributed by atoms with E-state index in [2.05, 4.69) is 27.9 Å². The molecule has 2 rings (SSSR count). The van der Waals surface area contributed by atoms with Crippen LogP contribution in [0.15, 0.2) is 18.3 Å². The standard InChI is InChI=1S/C11H18N4/c1-14-5-7-15(8-6-14)11-3-2-4-13-10(11)9-12/h2-4H,5-9,12H2,1H3. The van der Waals surface area contributed by atoms with E-state index >= 15 is 0 Å². The summed E-state index contributed by atoms with van der Waals surface area (Å²) in [5.41, 5.74) is 7.89. The average Bonchev–Trinajstić information content (AvgIpc) is 2.30. The van der Waals surface area contributed by atoms with Gasteiger partial charge < -0.3 is 15.5 Å². The average molecular weight is 206 g/mol. The minimum atomic E-state index is 0.516. The summed E-state index contributed by atoms with van der Waals surface area (Å²) in [6.45, 7) is 4.87. The van der Waals surface area contributed by atoms with Crippen LogP contribution in [0, 0.1) is 0 Å². The number of nitrogens with two attached hydrogens (primary N) is 1. The summed E-state index contributed by atoms with van der Waals surface area (Å²) in [4.78, 5) is 9.02. The van der Waals surface area contributed by atoms with Gasteiger partial charge in [0.05, 0.1) is 11.4 Å². The predicted molar refractivity (Wildman–Crippen MR) is 61.8 cm³/mol. The van der Waals surface area contributed by atoms with Crippen LogP contribution in [-0.4, -0.2) is 43.1 Å². The summed E-state index contributed by atoms with van der Waals surface area (Å²) in [7, 11) is 2.16. The zero-order valence-electron chi connectivity index (χ0n) is 9.19. The number of rotatable bonds is 2. The van der Waals surface area contributed by atoms with Crippen LogP contribution in [0.4, 0.5) is 5.69 Å². The van der Waals surface area contributed by atoms with Crippen molar-refractivity contribution in [3.8, 4) is 0 Å². The number of anilines is 1. The van der Waals surface area contributed by atoms with Crippen LogP contribution in [0.25, 0.3) is 0 Å². The first-order valence-electron chi connectivity index (χ1n) is 5.38. The highest BCUT2D eigenvalue weighted by atomic mass is 15.3. The number of aromatic nitrogens is 1. The van der Waals surface area contributed by atoms with Crippen molar-refractivity contribution in [1.82, 2.24) is 9.88 Å². The van der Waals surface area contributed by atoms with Crippen LogP contribution in [-0.2, 0) is 6.54 Å². The summed E-state index contributed by atoms with van der Waals surface area (Å²) < 4.78 is 0. The molecule has 2 N–H and O–H groups in total. The van der Waals surface area contributed by atoms with Crippen LogP contribution in [0.5, 0.6) is 0 Å². The molecule has 1 aromatic heterocycles. The minimum Gasteiger partial charge on any atom is -0.367 e. The third-order valence-electron chi connectivity index (χ3n) is 2.90. The lowest BCUT2D eigenvalue weighted by Gasteiger charge is -2.34. The van der Waals surface area contributed by atoms with E-state index in [1.807, 2.05) is 12.3 Å². The predicted octanol–water partition coefficient (Wildman–Crippen LogP) is 0.292. The largest absolute Gasteiger partial charge is 0.367 e. The van der Waals surface area contributed by atoms with Gasteiger partial charge in [0, 0.05) is 38.9 Å². The van der Waals surface area contributed by atoms with Gasteiger partial charge in [-0.3, -0.25) is 4.98 Å². The number of nitrogens with zero attached hydrogens (tertiary/aromatic N) is 3. The van der Waals surface area contributed by atoms with Crippen molar-refractivity contribution in [2.24, 2.45) is 5.73 Å². The molecule has 1 aliphatic rings. The highest BCUT2D eigenvalue weighted by Crippen LogP contribution is 2.18. The molecule has 0 aromatic carbocycles. The third kappa shape index (κ3) is 2.27. The van der Waals surface area contributed by atoms with Crippen molar-refractivity contribution >= 4 is 5.69 Å². The molecule has 0 radical (unpaired) electrons. The lowest BCUT2D eigenvalue weighted by atomic mass is 10.2. The van der Waals surface area contributed by atoms with Gasteiger partial charge in [-0.1, -0.05) is 0 Å². The van der Waals surface area contributed by atoms with Gasteiger partial charge in [-0.05, 0) is 19.2 Å². The second-order valence-corrected chi connectivity index (χ2v) is 3.96. The van der Waals surface area contributed by atoms with Gasteiger partial charge in [-0.15, -0.1) is 0 Å².